The number of carbonyl (C=O) groups is 1. The molecule has 1 aromatic heterocycles. The molecule has 1 amide bonds. The SMILES string of the molecule is COCc1cccc(C(=O)N2CCNCC2c2cccnc2)c1.Cl. The van der Waals surface area contributed by atoms with Crippen LogP contribution >= 0.6 is 12.4 Å². The number of rotatable bonds is 4. The van der Waals surface area contributed by atoms with E-state index in [1.807, 2.05) is 47.5 Å². The Bertz CT molecular complexity index is 666. The summed E-state index contributed by atoms with van der Waals surface area (Å²) in [5.74, 6) is 0.0540. The van der Waals surface area contributed by atoms with E-state index in [1.54, 1.807) is 13.3 Å². The molecule has 5 nitrogen and oxygen atoms in total. The number of nitrogens with zero attached hydrogens (tertiary/aromatic N) is 2. The van der Waals surface area contributed by atoms with Gasteiger partial charge in [0.15, 0.2) is 0 Å². The van der Waals surface area contributed by atoms with E-state index in [9.17, 15) is 4.79 Å². The highest BCUT2D eigenvalue weighted by molar-refractivity contribution is 5.94. The molecule has 1 N–H and O–H groups in total. The molecule has 0 radical (unpaired) electrons. The number of halogens is 1. The van der Waals surface area contributed by atoms with Crippen LogP contribution in [0.15, 0.2) is 48.8 Å². The number of piperazine rings is 1. The number of hydrogen-bond donors (Lipinski definition) is 1. The molecule has 2 aromatic rings. The Morgan fingerprint density at radius 2 is 2.25 bits per heavy atom. The zero-order valence-corrected chi connectivity index (χ0v) is 14.5. The van der Waals surface area contributed by atoms with E-state index in [-0.39, 0.29) is 24.4 Å². The second-order valence-electron chi connectivity index (χ2n) is 5.64. The first-order valence-electron chi connectivity index (χ1n) is 7.79. The van der Waals surface area contributed by atoms with Crippen LogP contribution in [0.4, 0.5) is 0 Å². The van der Waals surface area contributed by atoms with Gasteiger partial charge < -0.3 is 15.0 Å². The molecule has 128 valence electrons. The van der Waals surface area contributed by atoms with Gasteiger partial charge in [0.05, 0.1) is 12.6 Å². The highest BCUT2D eigenvalue weighted by Crippen LogP contribution is 2.23. The highest BCUT2D eigenvalue weighted by atomic mass is 35.5. The van der Waals surface area contributed by atoms with Crippen LogP contribution in [0.5, 0.6) is 0 Å². The summed E-state index contributed by atoms with van der Waals surface area (Å²) in [5, 5.41) is 3.36. The van der Waals surface area contributed by atoms with Gasteiger partial charge in [-0.1, -0.05) is 18.2 Å². The summed E-state index contributed by atoms with van der Waals surface area (Å²) in [6.07, 6.45) is 3.58. The van der Waals surface area contributed by atoms with Gasteiger partial charge in [0.1, 0.15) is 0 Å². The minimum absolute atomic E-state index is 0. The van der Waals surface area contributed by atoms with Gasteiger partial charge >= 0.3 is 0 Å². The van der Waals surface area contributed by atoms with Crippen molar-refractivity contribution in [3.63, 3.8) is 0 Å². The Labute approximate surface area is 148 Å². The molecule has 1 aliphatic heterocycles. The minimum atomic E-state index is 0. The van der Waals surface area contributed by atoms with Crippen LogP contribution in [-0.2, 0) is 11.3 Å². The van der Waals surface area contributed by atoms with Crippen molar-refractivity contribution >= 4 is 18.3 Å². The Morgan fingerprint density at radius 3 is 3.00 bits per heavy atom. The second-order valence-corrected chi connectivity index (χ2v) is 5.64. The first kappa shape index (κ1) is 18.4. The minimum Gasteiger partial charge on any atom is -0.380 e. The number of methoxy groups -OCH3 is 1. The third-order valence-corrected chi connectivity index (χ3v) is 4.06. The summed E-state index contributed by atoms with van der Waals surface area (Å²) >= 11 is 0. The van der Waals surface area contributed by atoms with Gasteiger partial charge in [-0.15, -0.1) is 12.4 Å². The lowest BCUT2D eigenvalue weighted by atomic mass is 10.0. The van der Waals surface area contributed by atoms with Crippen LogP contribution in [0.2, 0.25) is 0 Å². The van der Waals surface area contributed by atoms with Crippen molar-refractivity contribution in [2.75, 3.05) is 26.7 Å². The summed E-state index contributed by atoms with van der Waals surface area (Å²) in [6.45, 7) is 2.75. The summed E-state index contributed by atoms with van der Waals surface area (Å²) in [5.41, 5.74) is 2.77. The molecule has 0 spiro atoms. The standard InChI is InChI=1S/C18H21N3O2.ClH/c1-23-13-14-4-2-5-15(10-14)18(22)21-9-8-20-12-17(21)16-6-3-7-19-11-16;/h2-7,10-11,17,20H,8-9,12-13H2,1H3;1H. The third kappa shape index (κ3) is 4.12. The normalized spacial score (nSPS) is 17.2. The number of amides is 1. The fraction of sp³-hybridized carbons (Fsp3) is 0.333. The average molecular weight is 348 g/mol. The van der Waals surface area contributed by atoms with Gasteiger partial charge in [-0.3, -0.25) is 9.78 Å². The first-order chi connectivity index (χ1) is 11.3. The van der Waals surface area contributed by atoms with Gasteiger partial charge in [-0.05, 0) is 29.3 Å². The van der Waals surface area contributed by atoms with Crippen molar-refractivity contribution in [3.8, 4) is 0 Å². The average Bonchev–Trinajstić information content (AvgIpc) is 2.62. The Balaban J connectivity index is 0.00000208. The van der Waals surface area contributed by atoms with E-state index in [0.29, 0.717) is 18.7 Å². The Kier molecular flexibility index (Phi) is 6.73. The van der Waals surface area contributed by atoms with Gasteiger partial charge in [-0.25, -0.2) is 0 Å². The van der Waals surface area contributed by atoms with Crippen molar-refractivity contribution in [2.45, 2.75) is 12.6 Å². The van der Waals surface area contributed by atoms with Gasteiger partial charge in [0.2, 0.25) is 0 Å². The van der Waals surface area contributed by atoms with Crippen molar-refractivity contribution in [1.29, 1.82) is 0 Å². The molecule has 1 aromatic carbocycles. The van der Waals surface area contributed by atoms with Crippen LogP contribution in [0.1, 0.15) is 27.5 Å². The van der Waals surface area contributed by atoms with E-state index in [2.05, 4.69) is 10.3 Å². The number of hydrogen-bond acceptors (Lipinski definition) is 4. The summed E-state index contributed by atoms with van der Waals surface area (Å²) in [4.78, 5) is 19.1. The monoisotopic (exact) mass is 347 g/mol. The molecular formula is C18H22ClN3O2. The Hall–Kier alpha value is -1.95. The molecule has 6 heteroatoms. The van der Waals surface area contributed by atoms with E-state index in [0.717, 1.165) is 24.2 Å². The highest BCUT2D eigenvalue weighted by Gasteiger charge is 2.28. The quantitative estimate of drug-likeness (QED) is 0.923. The van der Waals surface area contributed by atoms with Gasteiger partial charge in [0, 0.05) is 44.7 Å². The fourth-order valence-corrected chi connectivity index (χ4v) is 2.94. The van der Waals surface area contributed by atoms with E-state index >= 15 is 0 Å². The van der Waals surface area contributed by atoms with Crippen molar-refractivity contribution in [1.82, 2.24) is 15.2 Å². The zero-order valence-electron chi connectivity index (χ0n) is 13.6. The van der Waals surface area contributed by atoms with Crippen LogP contribution in [0.25, 0.3) is 0 Å². The maximum absolute atomic E-state index is 13.0. The molecule has 0 bridgehead atoms. The summed E-state index contributed by atoms with van der Waals surface area (Å²) in [6, 6.07) is 11.6. The number of benzene rings is 1. The second kappa shape index (κ2) is 8.78. The van der Waals surface area contributed by atoms with Crippen molar-refractivity contribution < 1.29 is 9.53 Å². The smallest absolute Gasteiger partial charge is 0.254 e. The predicted octanol–water partition coefficient (Wildman–Crippen LogP) is 2.44. The molecule has 0 aliphatic carbocycles. The molecule has 1 fully saturated rings. The maximum atomic E-state index is 13.0. The molecule has 0 saturated carbocycles. The summed E-state index contributed by atoms with van der Waals surface area (Å²) in [7, 11) is 1.66. The maximum Gasteiger partial charge on any atom is 0.254 e. The number of nitrogens with one attached hydrogen (secondary N) is 1. The van der Waals surface area contributed by atoms with E-state index < -0.39 is 0 Å². The van der Waals surface area contributed by atoms with Crippen molar-refractivity contribution in [3.05, 3.63) is 65.5 Å². The molecule has 24 heavy (non-hydrogen) atoms. The van der Waals surface area contributed by atoms with Crippen molar-refractivity contribution in [2.24, 2.45) is 0 Å². The zero-order chi connectivity index (χ0) is 16.1. The lowest BCUT2D eigenvalue weighted by molar-refractivity contribution is 0.0633. The number of carbonyl (C=O) groups excluding carboxylic acids is 1. The van der Waals surface area contributed by atoms with Crippen LogP contribution < -0.4 is 5.32 Å². The molecule has 2 heterocycles. The van der Waals surface area contributed by atoms with Gasteiger partial charge in [0.25, 0.3) is 5.91 Å². The number of aromatic nitrogens is 1. The molecule has 1 atom stereocenters. The largest absolute Gasteiger partial charge is 0.380 e. The lowest BCUT2D eigenvalue weighted by Gasteiger charge is -2.36. The Morgan fingerprint density at radius 1 is 1.38 bits per heavy atom. The third-order valence-electron chi connectivity index (χ3n) is 4.06. The molecule has 3 rings (SSSR count). The molecule has 1 unspecified atom stereocenters. The predicted molar refractivity (Wildman–Crippen MR) is 95.3 cm³/mol. The van der Waals surface area contributed by atoms with E-state index in [1.165, 1.54) is 0 Å². The first-order valence-corrected chi connectivity index (χ1v) is 7.79. The van der Waals surface area contributed by atoms with Gasteiger partial charge in [-0.2, -0.15) is 0 Å². The van der Waals surface area contributed by atoms with Crippen LogP contribution in [-0.4, -0.2) is 42.5 Å². The molecule has 1 saturated heterocycles. The van der Waals surface area contributed by atoms with Crippen LogP contribution in [0.3, 0.4) is 0 Å². The fourth-order valence-electron chi connectivity index (χ4n) is 2.94. The number of ether oxygens (including phenoxy) is 1. The number of pyridine rings is 1. The molecule has 1 aliphatic rings. The van der Waals surface area contributed by atoms with E-state index in [4.69, 9.17) is 4.74 Å². The summed E-state index contributed by atoms with van der Waals surface area (Å²) < 4.78 is 5.16. The molecular weight excluding hydrogens is 326 g/mol. The lowest BCUT2D eigenvalue weighted by Crippen LogP contribution is -2.48. The van der Waals surface area contributed by atoms with Crippen LogP contribution in [0, 0.1) is 0 Å². The topological polar surface area (TPSA) is 54.5 Å².